The molecule has 5 atom stereocenters. The van der Waals surface area contributed by atoms with Crippen LogP contribution in [0.25, 0.3) is 0 Å². The number of carbonyl (C=O) groups excluding carboxylic acids is 1. The van der Waals surface area contributed by atoms with Crippen molar-refractivity contribution in [2.24, 2.45) is 0 Å². The predicted octanol–water partition coefficient (Wildman–Crippen LogP) is 1.82. The highest BCUT2D eigenvalue weighted by Gasteiger charge is 2.82. The number of hydrogen-bond donors (Lipinski definition) is 0. The van der Waals surface area contributed by atoms with E-state index in [4.69, 9.17) is 23.7 Å². The minimum Gasteiger partial charge on any atom is -0.493 e. The molecule has 1 saturated carbocycles. The summed E-state index contributed by atoms with van der Waals surface area (Å²) in [6, 6.07) is 3.97. The quantitative estimate of drug-likeness (QED) is 0.778. The minimum absolute atomic E-state index is 0.00801. The summed E-state index contributed by atoms with van der Waals surface area (Å²) in [6.45, 7) is 0.838. The molecular formula is C21H27NO6. The van der Waals surface area contributed by atoms with Crippen LogP contribution >= 0.6 is 0 Å². The van der Waals surface area contributed by atoms with E-state index in [2.05, 4.69) is 18.0 Å². The zero-order valence-electron chi connectivity index (χ0n) is 17.0. The molecule has 2 heterocycles. The van der Waals surface area contributed by atoms with E-state index in [9.17, 15) is 4.79 Å². The fourth-order valence-corrected chi connectivity index (χ4v) is 6.86. The third kappa shape index (κ3) is 1.66. The third-order valence-electron chi connectivity index (χ3n) is 7.75. The lowest BCUT2D eigenvalue weighted by molar-refractivity contribution is -0.309. The van der Waals surface area contributed by atoms with E-state index in [0.717, 1.165) is 30.5 Å². The molecular weight excluding hydrogens is 362 g/mol. The Labute approximate surface area is 164 Å². The molecule has 3 fully saturated rings. The van der Waals surface area contributed by atoms with Gasteiger partial charge >= 0.3 is 0 Å². The Hall–Kier alpha value is -1.67. The van der Waals surface area contributed by atoms with Gasteiger partial charge in [0.25, 0.3) is 0 Å². The van der Waals surface area contributed by atoms with E-state index in [1.807, 2.05) is 6.07 Å². The van der Waals surface area contributed by atoms with Crippen LogP contribution in [-0.4, -0.2) is 70.1 Å². The second kappa shape index (κ2) is 5.69. The molecule has 2 aliphatic heterocycles. The smallest absolute Gasteiger partial charge is 0.222 e. The first kappa shape index (κ1) is 18.4. The lowest BCUT2D eigenvalue weighted by Crippen LogP contribution is -2.76. The van der Waals surface area contributed by atoms with Gasteiger partial charge < -0.3 is 23.7 Å². The van der Waals surface area contributed by atoms with Crippen LogP contribution in [0, 0.1) is 0 Å². The molecule has 4 aliphatic rings. The van der Waals surface area contributed by atoms with E-state index in [1.54, 1.807) is 28.4 Å². The SMILES string of the molecule is COc1ccc2c(c1OC)[C@@]13CCN(C)[C@@]14CC2O[C@@]4(OC)C(OC)C(=O)C3. The minimum atomic E-state index is -1.16. The second-order valence-electron chi connectivity index (χ2n) is 8.32. The molecule has 2 bridgehead atoms. The van der Waals surface area contributed by atoms with Crippen LogP contribution in [0.15, 0.2) is 12.1 Å². The van der Waals surface area contributed by atoms with E-state index in [-0.39, 0.29) is 11.9 Å². The molecule has 0 N–H and O–H groups in total. The molecule has 0 amide bonds. The largest absolute Gasteiger partial charge is 0.493 e. The monoisotopic (exact) mass is 389 g/mol. The fraction of sp³-hybridized carbons (Fsp3) is 0.667. The molecule has 7 heteroatoms. The summed E-state index contributed by atoms with van der Waals surface area (Å²) in [5.41, 5.74) is 1.11. The van der Waals surface area contributed by atoms with Crippen molar-refractivity contribution in [2.45, 2.75) is 48.2 Å². The highest BCUT2D eigenvalue weighted by atomic mass is 16.7. The van der Waals surface area contributed by atoms with Crippen LogP contribution in [0.4, 0.5) is 0 Å². The number of likely N-dealkylation sites (tertiary alicyclic amines) is 1. The van der Waals surface area contributed by atoms with Gasteiger partial charge in [-0.15, -0.1) is 0 Å². The maximum Gasteiger partial charge on any atom is 0.222 e. The summed E-state index contributed by atoms with van der Waals surface area (Å²) in [5.74, 6) is 0.215. The van der Waals surface area contributed by atoms with Crippen molar-refractivity contribution in [3.8, 4) is 11.5 Å². The number of fused-ring (bicyclic) bond motifs is 3. The number of ether oxygens (including phenoxy) is 5. The topological polar surface area (TPSA) is 66.5 Å². The number of hydrogen-bond acceptors (Lipinski definition) is 7. The summed E-state index contributed by atoms with van der Waals surface area (Å²) < 4.78 is 29.9. The molecule has 5 rings (SSSR count). The Morgan fingerprint density at radius 3 is 2.61 bits per heavy atom. The van der Waals surface area contributed by atoms with Crippen molar-refractivity contribution < 1.29 is 28.5 Å². The van der Waals surface area contributed by atoms with Crippen molar-refractivity contribution in [3.05, 3.63) is 23.3 Å². The molecule has 7 nitrogen and oxygen atoms in total. The van der Waals surface area contributed by atoms with Crippen LogP contribution in [-0.2, 0) is 24.4 Å². The summed E-state index contributed by atoms with van der Waals surface area (Å²) in [6.07, 6.45) is 0.981. The number of nitrogens with zero attached hydrogens (tertiary/aromatic N) is 1. The first-order valence-electron chi connectivity index (χ1n) is 9.71. The van der Waals surface area contributed by atoms with Gasteiger partial charge in [0.15, 0.2) is 23.4 Å². The van der Waals surface area contributed by atoms with Crippen LogP contribution in [0.5, 0.6) is 11.5 Å². The maximum absolute atomic E-state index is 13.3. The Bertz CT molecular complexity index is 858. The Morgan fingerprint density at radius 1 is 1.18 bits per heavy atom. The van der Waals surface area contributed by atoms with Crippen LogP contribution in [0.3, 0.4) is 0 Å². The van der Waals surface area contributed by atoms with E-state index < -0.39 is 22.8 Å². The molecule has 0 radical (unpaired) electrons. The summed E-state index contributed by atoms with van der Waals surface area (Å²) in [5, 5.41) is 0. The predicted molar refractivity (Wildman–Crippen MR) is 99.8 cm³/mol. The van der Waals surface area contributed by atoms with Gasteiger partial charge in [0.05, 0.1) is 25.9 Å². The van der Waals surface area contributed by atoms with Gasteiger partial charge in [-0.3, -0.25) is 9.69 Å². The molecule has 0 aromatic heterocycles. The summed E-state index contributed by atoms with van der Waals surface area (Å²) in [7, 11) is 8.58. The maximum atomic E-state index is 13.3. The van der Waals surface area contributed by atoms with E-state index >= 15 is 0 Å². The highest BCUT2D eigenvalue weighted by Crippen LogP contribution is 2.72. The van der Waals surface area contributed by atoms with Crippen molar-refractivity contribution in [2.75, 3.05) is 42.0 Å². The number of Topliss-reactive ketones (excluding diaryl/α,β-unsaturated/α-hetero) is 1. The van der Waals surface area contributed by atoms with Gasteiger partial charge in [0.1, 0.15) is 0 Å². The highest BCUT2D eigenvalue weighted by molar-refractivity contribution is 5.89. The number of methoxy groups -OCH3 is 4. The zero-order chi connectivity index (χ0) is 19.9. The number of rotatable bonds is 4. The number of likely N-dealkylation sites (N-methyl/N-ethyl adjacent to an activating group) is 1. The molecule has 28 heavy (non-hydrogen) atoms. The van der Waals surface area contributed by atoms with E-state index in [1.165, 1.54) is 0 Å². The normalized spacial score (nSPS) is 41.0. The number of benzene rings is 1. The van der Waals surface area contributed by atoms with Gasteiger partial charge in [-0.25, -0.2) is 0 Å². The van der Waals surface area contributed by atoms with Gasteiger partial charge in [-0.2, -0.15) is 0 Å². The molecule has 1 spiro atoms. The van der Waals surface area contributed by atoms with Crippen LogP contribution < -0.4 is 9.47 Å². The average Bonchev–Trinajstić information content (AvgIpc) is 3.20. The Balaban J connectivity index is 1.89. The molecule has 2 saturated heterocycles. The second-order valence-corrected chi connectivity index (χ2v) is 8.32. The summed E-state index contributed by atoms with van der Waals surface area (Å²) >= 11 is 0. The summed E-state index contributed by atoms with van der Waals surface area (Å²) in [4.78, 5) is 15.7. The Kier molecular flexibility index (Phi) is 3.73. The number of ketones is 1. The van der Waals surface area contributed by atoms with Crippen LogP contribution in [0.1, 0.15) is 36.5 Å². The van der Waals surface area contributed by atoms with Crippen molar-refractivity contribution in [1.82, 2.24) is 4.90 Å². The third-order valence-corrected chi connectivity index (χ3v) is 7.75. The fourth-order valence-electron chi connectivity index (χ4n) is 6.86. The van der Waals surface area contributed by atoms with Crippen molar-refractivity contribution in [3.63, 3.8) is 0 Å². The van der Waals surface area contributed by atoms with Crippen LogP contribution in [0.2, 0.25) is 0 Å². The van der Waals surface area contributed by atoms with Crippen molar-refractivity contribution in [1.29, 1.82) is 0 Å². The molecule has 2 unspecified atom stereocenters. The standard InChI is InChI=1S/C21H27NO6/c1-22-9-8-19-10-13(23)18(26-4)21(27-5)20(19,22)11-15(28-21)12-6-7-14(24-2)17(25-3)16(12)19/h6-7,15,18H,8-11H2,1-5H3/t15?,18?,19-,20-,21-/m0/s1. The van der Waals surface area contributed by atoms with Crippen molar-refractivity contribution >= 4 is 5.78 Å². The van der Waals surface area contributed by atoms with Gasteiger partial charge in [0, 0.05) is 38.0 Å². The lowest BCUT2D eigenvalue weighted by Gasteiger charge is -2.59. The first-order chi connectivity index (χ1) is 13.5. The van der Waals surface area contributed by atoms with Gasteiger partial charge in [0.2, 0.25) is 5.79 Å². The van der Waals surface area contributed by atoms with Gasteiger partial charge in [-0.05, 0) is 31.6 Å². The van der Waals surface area contributed by atoms with Gasteiger partial charge in [-0.1, -0.05) is 6.07 Å². The van der Waals surface area contributed by atoms with E-state index in [0.29, 0.717) is 17.9 Å². The first-order valence-corrected chi connectivity index (χ1v) is 9.71. The number of carbonyl (C=O) groups is 1. The lowest BCUT2D eigenvalue weighted by atomic mass is 9.50. The average molecular weight is 389 g/mol. The molecule has 1 aromatic rings. The molecule has 1 aromatic carbocycles. The molecule has 152 valence electrons. The molecule has 2 aliphatic carbocycles. The zero-order valence-corrected chi connectivity index (χ0v) is 17.0. The Morgan fingerprint density at radius 2 is 1.96 bits per heavy atom.